The standard InChI is InChI=1S/C10H17ClN2O/c1-7(2)12-10(11)6-8(3)13(5)9(4)14/h6-7H,1-5H3/b8-6+,12-10+. The molecular weight excluding hydrogens is 200 g/mol. The molecular formula is C10H17ClN2O. The maximum atomic E-state index is 11.0. The average Bonchev–Trinajstić information content (AvgIpc) is 2.00. The van der Waals surface area contributed by atoms with Crippen LogP contribution in [0.25, 0.3) is 0 Å². The van der Waals surface area contributed by atoms with Crippen molar-refractivity contribution in [1.29, 1.82) is 0 Å². The van der Waals surface area contributed by atoms with E-state index >= 15 is 0 Å². The normalized spacial score (nSPS) is 13.4. The molecule has 0 N–H and O–H groups in total. The quantitative estimate of drug-likeness (QED) is 0.667. The second-order valence-corrected chi connectivity index (χ2v) is 3.80. The number of carbonyl (C=O) groups is 1. The first kappa shape index (κ1) is 13.2. The van der Waals surface area contributed by atoms with E-state index in [-0.39, 0.29) is 11.9 Å². The Morgan fingerprint density at radius 2 is 1.93 bits per heavy atom. The van der Waals surface area contributed by atoms with Crippen LogP contribution in [0.15, 0.2) is 16.8 Å². The highest BCUT2D eigenvalue weighted by molar-refractivity contribution is 6.68. The summed E-state index contributed by atoms with van der Waals surface area (Å²) < 4.78 is 0. The van der Waals surface area contributed by atoms with Gasteiger partial charge in [0.15, 0.2) is 0 Å². The lowest BCUT2D eigenvalue weighted by Crippen LogP contribution is -2.21. The van der Waals surface area contributed by atoms with E-state index in [2.05, 4.69) is 4.99 Å². The summed E-state index contributed by atoms with van der Waals surface area (Å²) in [7, 11) is 1.70. The van der Waals surface area contributed by atoms with Gasteiger partial charge in [-0.1, -0.05) is 11.6 Å². The van der Waals surface area contributed by atoms with E-state index in [0.29, 0.717) is 5.17 Å². The summed E-state index contributed by atoms with van der Waals surface area (Å²) in [6.45, 7) is 7.21. The van der Waals surface area contributed by atoms with Crippen LogP contribution in [0.1, 0.15) is 27.7 Å². The number of aliphatic imine (C=N–C) groups is 1. The van der Waals surface area contributed by atoms with Crippen molar-refractivity contribution in [3.63, 3.8) is 0 Å². The summed E-state index contributed by atoms with van der Waals surface area (Å²) in [5.41, 5.74) is 0.784. The Balaban J connectivity index is 4.59. The van der Waals surface area contributed by atoms with Gasteiger partial charge in [0.25, 0.3) is 0 Å². The first-order chi connectivity index (χ1) is 6.34. The number of amides is 1. The molecule has 0 unspecified atom stereocenters. The minimum absolute atomic E-state index is 0.0206. The van der Waals surface area contributed by atoms with Gasteiger partial charge in [0.05, 0.1) is 0 Å². The van der Waals surface area contributed by atoms with Gasteiger partial charge in [0.2, 0.25) is 5.91 Å². The van der Waals surface area contributed by atoms with Crippen LogP contribution in [0, 0.1) is 0 Å². The molecule has 0 aliphatic rings. The highest BCUT2D eigenvalue weighted by Gasteiger charge is 2.04. The number of halogens is 1. The topological polar surface area (TPSA) is 32.7 Å². The predicted octanol–water partition coefficient (Wildman–Crippen LogP) is 2.41. The summed E-state index contributed by atoms with van der Waals surface area (Å²) in [4.78, 5) is 16.6. The number of hydrogen-bond donors (Lipinski definition) is 0. The van der Waals surface area contributed by atoms with Gasteiger partial charge in [-0.2, -0.15) is 0 Å². The third-order valence-corrected chi connectivity index (χ3v) is 1.92. The SMILES string of the molecule is CC(=O)N(C)/C(C)=C/C(Cl)=N\C(C)C. The Bertz CT molecular complexity index is 269. The van der Waals surface area contributed by atoms with Crippen molar-refractivity contribution in [3.05, 3.63) is 11.8 Å². The second kappa shape index (κ2) is 5.81. The van der Waals surface area contributed by atoms with E-state index in [4.69, 9.17) is 11.6 Å². The van der Waals surface area contributed by atoms with Crippen LogP contribution in [0.3, 0.4) is 0 Å². The van der Waals surface area contributed by atoms with Crippen LogP contribution >= 0.6 is 11.6 Å². The molecule has 0 radical (unpaired) electrons. The van der Waals surface area contributed by atoms with Crippen LogP contribution in [-0.4, -0.2) is 29.1 Å². The Morgan fingerprint density at radius 3 is 2.29 bits per heavy atom. The fourth-order valence-electron chi connectivity index (χ4n) is 0.801. The lowest BCUT2D eigenvalue weighted by atomic mass is 10.4. The van der Waals surface area contributed by atoms with Gasteiger partial charge < -0.3 is 4.90 Å². The Hall–Kier alpha value is -0.830. The highest BCUT2D eigenvalue weighted by atomic mass is 35.5. The number of hydrogen-bond acceptors (Lipinski definition) is 2. The molecule has 0 aromatic rings. The van der Waals surface area contributed by atoms with Crippen molar-refractivity contribution in [2.45, 2.75) is 33.7 Å². The molecule has 0 bridgehead atoms. The molecule has 0 atom stereocenters. The van der Waals surface area contributed by atoms with Crippen molar-refractivity contribution < 1.29 is 4.79 Å². The lowest BCUT2D eigenvalue weighted by molar-refractivity contribution is -0.125. The summed E-state index contributed by atoms with van der Waals surface area (Å²) in [5, 5.41) is 0.422. The van der Waals surface area contributed by atoms with Gasteiger partial charge in [-0.15, -0.1) is 0 Å². The molecule has 0 saturated heterocycles. The Morgan fingerprint density at radius 1 is 1.43 bits per heavy atom. The molecule has 0 aromatic carbocycles. The Kier molecular flexibility index (Phi) is 5.46. The van der Waals surface area contributed by atoms with E-state index in [1.54, 1.807) is 13.1 Å². The molecule has 1 amide bonds. The van der Waals surface area contributed by atoms with Gasteiger partial charge in [0, 0.05) is 25.7 Å². The molecule has 0 rings (SSSR count). The first-order valence-corrected chi connectivity index (χ1v) is 4.88. The van der Waals surface area contributed by atoms with Crippen molar-refractivity contribution in [2.75, 3.05) is 7.05 Å². The zero-order chi connectivity index (χ0) is 11.3. The van der Waals surface area contributed by atoms with Gasteiger partial charge in [-0.3, -0.25) is 9.79 Å². The molecule has 0 aromatic heterocycles. The summed E-state index contributed by atoms with van der Waals surface area (Å²) in [5.74, 6) is -0.0206. The van der Waals surface area contributed by atoms with Crippen LogP contribution < -0.4 is 0 Å². The molecule has 80 valence electrons. The van der Waals surface area contributed by atoms with E-state index in [1.807, 2.05) is 20.8 Å². The largest absolute Gasteiger partial charge is 0.320 e. The molecule has 0 aliphatic carbocycles. The molecule has 0 heterocycles. The van der Waals surface area contributed by atoms with Gasteiger partial charge >= 0.3 is 0 Å². The smallest absolute Gasteiger partial charge is 0.223 e. The van der Waals surface area contributed by atoms with Crippen LogP contribution in [0.4, 0.5) is 0 Å². The number of allylic oxidation sites excluding steroid dienone is 2. The molecule has 0 aliphatic heterocycles. The number of nitrogens with zero attached hydrogens (tertiary/aromatic N) is 2. The molecule has 14 heavy (non-hydrogen) atoms. The highest BCUT2D eigenvalue weighted by Crippen LogP contribution is 2.04. The molecule has 0 fully saturated rings. The maximum Gasteiger partial charge on any atom is 0.223 e. The minimum atomic E-state index is -0.0206. The van der Waals surface area contributed by atoms with Crippen LogP contribution in [0.2, 0.25) is 0 Å². The molecule has 3 nitrogen and oxygen atoms in total. The van der Waals surface area contributed by atoms with Crippen molar-refractivity contribution in [3.8, 4) is 0 Å². The predicted molar refractivity (Wildman–Crippen MR) is 60.6 cm³/mol. The van der Waals surface area contributed by atoms with Gasteiger partial charge in [0.1, 0.15) is 5.17 Å². The van der Waals surface area contributed by atoms with Gasteiger partial charge in [-0.25, -0.2) is 0 Å². The summed E-state index contributed by atoms with van der Waals surface area (Å²) in [6.07, 6.45) is 1.68. The van der Waals surface area contributed by atoms with E-state index in [0.717, 1.165) is 5.70 Å². The zero-order valence-electron chi connectivity index (χ0n) is 9.34. The van der Waals surface area contributed by atoms with E-state index < -0.39 is 0 Å². The average molecular weight is 217 g/mol. The van der Waals surface area contributed by atoms with Crippen molar-refractivity contribution >= 4 is 22.7 Å². The van der Waals surface area contributed by atoms with Gasteiger partial charge in [-0.05, 0) is 26.8 Å². The fourth-order valence-corrected chi connectivity index (χ4v) is 1.15. The van der Waals surface area contributed by atoms with E-state index in [9.17, 15) is 4.79 Å². The maximum absolute atomic E-state index is 11.0. The van der Waals surface area contributed by atoms with Crippen molar-refractivity contribution in [1.82, 2.24) is 4.90 Å². The summed E-state index contributed by atoms with van der Waals surface area (Å²) in [6, 6.07) is 0.161. The minimum Gasteiger partial charge on any atom is -0.320 e. The Labute approximate surface area is 90.5 Å². The van der Waals surface area contributed by atoms with Crippen molar-refractivity contribution in [2.24, 2.45) is 4.99 Å². The first-order valence-electron chi connectivity index (χ1n) is 4.50. The third kappa shape index (κ3) is 5.02. The zero-order valence-corrected chi connectivity index (χ0v) is 10.1. The molecule has 4 heteroatoms. The molecule has 0 saturated carbocycles. The monoisotopic (exact) mass is 216 g/mol. The number of carbonyl (C=O) groups excluding carboxylic acids is 1. The fraction of sp³-hybridized carbons (Fsp3) is 0.600. The summed E-state index contributed by atoms with van der Waals surface area (Å²) >= 11 is 5.86. The van der Waals surface area contributed by atoms with E-state index in [1.165, 1.54) is 11.8 Å². The third-order valence-electron chi connectivity index (χ3n) is 1.71. The number of rotatable bonds is 3. The van der Waals surface area contributed by atoms with Crippen LogP contribution in [0.5, 0.6) is 0 Å². The lowest BCUT2D eigenvalue weighted by Gasteiger charge is -2.14. The molecule has 0 spiro atoms. The second-order valence-electron chi connectivity index (χ2n) is 3.41. The van der Waals surface area contributed by atoms with Crippen LogP contribution in [-0.2, 0) is 4.79 Å².